The first-order valence-electron chi connectivity index (χ1n) is 9.92. The zero-order valence-corrected chi connectivity index (χ0v) is 18.2. The lowest BCUT2D eigenvalue weighted by Crippen LogP contribution is -1.93. The number of hydrogen-bond acceptors (Lipinski definition) is 1. The van der Waals surface area contributed by atoms with Gasteiger partial charge in [0.2, 0.25) is 0 Å². The fraction of sp³-hybridized carbons (Fsp3) is 0.520. The highest BCUT2D eigenvalue weighted by Crippen LogP contribution is 2.20. The van der Waals surface area contributed by atoms with Crippen LogP contribution < -0.4 is 0 Å². The van der Waals surface area contributed by atoms with Gasteiger partial charge in [-0.3, -0.25) is 0 Å². The van der Waals surface area contributed by atoms with Gasteiger partial charge in [0.05, 0.1) is 0 Å². The van der Waals surface area contributed by atoms with Gasteiger partial charge in [-0.25, -0.2) is 0 Å². The van der Waals surface area contributed by atoms with E-state index in [1.54, 1.807) is 12.1 Å². The number of phenolic OH excluding ortho intramolecular Hbond substituents is 1. The van der Waals surface area contributed by atoms with Gasteiger partial charge in [0.1, 0.15) is 5.75 Å². The van der Waals surface area contributed by atoms with E-state index in [-0.39, 0.29) is 0 Å². The van der Waals surface area contributed by atoms with E-state index in [1.807, 2.05) is 12.1 Å². The molecular weight excluding hydrogens is 316 g/mol. The molecule has 2 aromatic rings. The van der Waals surface area contributed by atoms with Crippen LogP contribution in [0.25, 0.3) is 0 Å². The lowest BCUT2D eigenvalue weighted by molar-refractivity contribution is 0.469. The highest BCUT2D eigenvalue weighted by atomic mass is 16.3. The SMILES string of the molecule is CC(C)(C)C.CCC(C)c1ccc(O)cc1.CCC(C)c1ccccc1. The molecule has 0 spiro atoms. The molecule has 0 aliphatic carbocycles. The van der Waals surface area contributed by atoms with Crippen molar-refractivity contribution < 1.29 is 5.11 Å². The Bertz CT molecular complexity index is 557. The molecule has 0 bridgehead atoms. The summed E-state index contributed by atoms with van der Waals surface area (Å²) in [5.41, 5.74) is 3.25. The fourth-order valence-electron chi connectivity index (χ4n) is 2.06. The van der Waals surface area contributed by atoms with Crippen molar-refractivity contribution in [2.75, 3.05) is 0 Å². The summed E-state index contributed by atoms with van der Waals surface area (Å²) in [6, 6.07) is 18.1. The van der Waals surface area contributed by atoms with Gasteiger partial charge in [-0.1, -0.05) is 97.9 Å². The molecule has 0 saturated heterocycles. The first-order valence-corrected chi connectivity index (χ1v) is 9.92. The fourth-order valence-corrected chi connectivity index (χ4v) is 2.06. The second-order valence-corrected chi connectivity index (χ2v) is 8.62. The molecule has 0 heterocycles. The third-order valence-corrected chi connectivity index (χ3v) is 4.06. The predicted octanol–water partition coefficient (Wildman–Crippen LogP) is 8.16. The van der Waals surface area contributed by atoms with Crippen molar-refractivity contribution in [1.82, 2.24) is 0 Å². The van der Waals surface area contributed by atoms with E-state index in [1.165, 1.54) is 17.5 Å². The molecule has 1 N–H and O–H groups in total. The Morgan fingerprint density at radius 2 is 1.04 bits per heavy atom. The van der Waals surface area contributed by atoms with Gasteiger partial charge in [-0.2, -0.15) is 0 Å². The van der Waals surface area contributed by atoms with E-state index in [0.717, 1.165) is 6.42 Å². The van der Waals surface area contributed by atoms with Crippen LogP contribution in [0.15, 0.2) is 54.6 Å². The Labute approximate surface area is 162 Å². The standard InChI is InChI=1S/C10H14O.C10H14.C5H12/c1-3-8(2)9-4-6-10(11)7-5-9;1-3-9(2)10-7-5-4-6-8-10;1-5(2,3)4/h4-8,11H,3H2,1-2H3;4-9H,3H2,1-2H3;1-4H3. The minimum absolute atomic E-state index is 0.344. The van der Waals surface area contributed by atoms with Gasteiger partial charge in [0.15, 0.2) is 0 Å². The lowest BCUT2D eigenvalue weighted by Gasteiger charge is -2.07. The summed E-state index contributed by atoms with van der Waals surface area (Å²) in [6.07, 6.45) is 2.37. The van der Waals surface area contributed by atoms with Crippen molar-refractivity contribution in [2.45, 2.75) is 80.1 Å². The zero-order chi connectivity index (χ0) is 20.2. The average molecular weight is 357 g/mol. The highest BCUT2D eigenvalue weighted by Gasteiger charge is 2.01. The van der Waals surface area contributed by atoms with Crippen molar-refractivity contribution in [1.29, 1.82) is 0 Å². The first-order chi connectivity index (χ1) is 12.1. The van der Waals surface area contributed by atoms with Gasteiger partial charge >= 0.3 is 0 Å². The molecule has 0 aliphatic rings. The van der Waals surface area contributed by atoms with Gasteiger partial charge in [0.25, 0.3) is 0 Å². The minimum Gasteiger partial charge on any atom is -0.508 e. The van der Waals surface area contributed by atoms with Gasteiger partial charge in [-0.15, -0.1) is 0 Å². The molecule has 0 aliphatic heterocycles. The molecule has 26 heavy (non-hydrogen) atoms. The number of hydrogen-bond donors (Lipinski definition) is 1. The van der Waals surface area contributed by atoms with Crippen LogP contribution in [0.2, 0.25) is 0 Å². The van der Waals surface area contributed by atoms with Gasteiger partial charge in [0, 0.05) is 0 Å². The smallest absolute Gasteiger partial charge is 0.115 e. The van der Waals surface area contributed by atoms with E-state index in [2.05, 4.69) is 85.7 Å². The predicted molar refractivity (Wildman–Crippen MR) is 117 cm³/mol. The van der Waals surface area contributed by atoms with Crippen molar-refractivity contribution in [3.63, 3.8) is 0 Å². The van der Waals surface area contributed by atoms with Crippen molar-refractivity contribution in [2.24, 2.45) is 5.41 Å². The molecule has 2 unspecified atom stereocenters. The second kappa shape index (κ2) is 12.6. The molecule has 0 saturated carbocycles. The molecule has 1 nitrogen and oxygen atoms in total. The Kier molecular flexibility index (Phi) is 11.7. The number of benzene rings is 2. The Morgan fingerprint density at radius 1 is 0.692 bits per heavy atom. The van der Waals surface area contributed by atoms with Crippen LogP contribution >= 0.6 is 0 Å². The normalized spacial score (nSPS) is 12.8. The van der Waals surface area contributed by atoms with E-state index in [4.69, 9.17) is 5.11 Å². The first kappa shape index (κ1) is 24.2. The van der Waals surface area contributed by atoms with E-state index < -0.39 is 0 Å². The van der Waals surface area contributed by atoms with Gasteiger partial charge < -0.3 is 5.11 Å². The maximum atomic E-state index is 9.01. The number of phenols is 1. The maximum absolute atomic E-state index is 9.01. The largest absolute Gasteiger partial charge is 0.508 e. The van der Waals surface area contributed by atoms with Crippen LogP contribution in [-0.4, -0.2) is 5.11 Å². The van der Waals surface area contributed by atoms with Crippen molar-refractivity contribution >= 4 is 0 Å². The third-order valence-electron chi connectivity index (χ3n) is 4.06. The molecule has 1 heteroatoms. The second-order valence-electron chi connectivity index (χ2n) is 8.62. The third kappa shape index (κ3) is 12.6. The summed E-state index contributed by atoms with van der Waals surface area (Å²) in [5.74, 6) is 1.65. The number of rotatable bonds is 4. The molecule has 0 amide bonds. The Morgan fingerprint density at radius 3 is 1.38 bits per heavy atom. The van der Waals surface area contributed by atoms with Crippen molar-refractivity contribution in [3.8, 4) is 5.75 Å². The van der Waals surface area contributed by atoms with E-state index in [0.29, 0.717) is 23.0 Å². The monoisotopic (exact) mass is 356 g/mol. The minimum atomic E-state index is 0.344. The quantitative estimate of drug-likeness (QED) is 0.586. The maximum Gasteiger partial charge on any atom is 0.115 e. The van der Waals surface area contributed by atoms with Crippen LogP contribution in [0.5, 0.6) is 5.75 Å². The molecule has 0 fully saturated rings. The van der Waals surface area contributed by atoms with E-state index >= 15 is 0 Å². The summed E-state index contributed by atoms with van der Waals surface area (Å²) < 4.78 is 0. The molecule has 0 aromatic heterocycles. The van der Waals surface area contributed by atoms with Crippen LogP contribution in [0.1, 0.15) is 91.2 Å². The molecular formula is C25H40O. The highest BCUT2D eigenvalue weighted by molar-refractivity contribution is 5.27. The summed E-state index contributed by atoms with van der Waals surface area (Å²) in [7, 11) is 0. The molecule has 2 atom stereocenters. The molecule has 146 valence electrons. The van der Waals surface area contributed by atoms with Gasteiger partial charge in [-0.05, 0) is 53.4 Å². The van der Waals surface area contributed by atoms with Crippen LogP contribution in [0, 0.1) is 5.41 Å². The van der Waals surface area contributed by atoms with Crippen LogP contribution in [0.4, 0.5) is 0 Å². The van der Waals surface area contributed by atoms with Crippen molar-refractivity contribution in [3.05, 3.63) is 65.7 Å². The van der Waals surface area contributed by atoms with Crippen LogP contribution in [-0.2, 0) is 0 Å². The molecule has 2 rings (SSSR count). The molecule has 0 radical (unpaired) electrons. The summed E-state index contributed by atoms with van der Waals surface area (Å²) in [4.78, 5) is 0. The zero-order valence-electron chi connectivity index (χ0n) is 18.2. The lowest BCUT2D eigenvalue weighted by atomic mass is 9.99. The number of aromatic hydroxyl groups is 1. The summed E-state index contributed by atoms with van der Waals surface area (Å²) >= 11 is 0. The Balaban J connectivity index is 0.000000387. The molecule has 2 aromatic carbocycles. The average Bonchev–Trinajstić information content (AvgIpc) is 2.61. The Hall–Kier alpha value is -1.76. The van der Waals surface area contributed by atoms with E-state index in [9.17, 15) is 0 Å². The topological polar surface area (TPSA) is 20.2 Å². The summed E-state index contributed by atoms with van der Waals surface area (Å²) in [6.45, 7) is 17.6. The summed E-state index contributed by atoms with van der Waals surface area (Å²) in [5, 5.41) is 9.01. The van der Waals surface area contributed by atoms with Crippen LogP contribution in [0.3, 0.4) is 0 Å².